The minimum absolute atomic E-state index is 0. The molecule has 0 bridgehead atoms. The molecular formula is C21H29IN4O4S. The number of sulfone groups is 1. The van der Waals surface area contributed by atoms with E-state index in [1.165, 1.54) is 0 Å². The molecule has 170 valence electrons. The second-order valence-electron chi connectivity index (χ2n) is 7.86. The van der Waals surface area contributed by atoms with Gasteiger partial charge in [0.15, 0.2) is 15.8 Å². The Hall–Kier alpha value is -2.08. The van der Waals surface area contributed by atoms with Crippen molar-refractivity contribution >= 4 is 45.7 Å². The van der Waals surface area contributed by atoms with Crippen molar-refractivity contribution in [3.8, 4) is 0 Å². The molecule has 31 heavy (non-hydrogen) atoms. The van der Waals surface area contributed by atoms with E-state index in [1.54, 1.807) is 45.4 Å². The lowest BCUT2D eigenvalue weighted by molar-refractivity contribution is 0.0948. The minimum Gasteiger partial charge on any atom is -0.467 e. The number of nitrogens with one attached hydrogen (secondary N) is 2. The molecule has 0 unspecified atom stereocenters. The molecule has 1 fully saturated rings. The van der Waals surface area contributed by atoms with E-state index in [9.17, 15) is 13.2 Å². The fraction of sp³-hybridized carbons (Fsp3) is 0.429. The first-order valence-corrected chi connectivity index (χ1v) is 11.4. The lowest BCUT2D eigenvalue weighted by Gasteiger charge is -2.39. The van der Waals surface area contributed by atoms with E-state index in [0.717, 1.165) is 5.56 Å². The summed E-state index contributed by atoms with van der Waals surface area (Å²) < 4.78 is 28.9. The van der Waals surface area contributed by atoms with Gasteiger partial charge in [0.05, 0.1) is 23.3 Å². The van der Waals surface area contributed by atoms with Crippen LogP contribution in [0.2, 0.25) is 0 Å². The molecule has 0 aliphatic carbocycles. The van der Waals surface area contributed by atoms with Gasteiger partial charge in [0.25, 0.3) is 5.91 Å². The first-order valence-electron chi connectivity index (χ1n) is 9.79. The summed E-state index contributed by atoms with van der Waals surface area (Å²) in [6, 6.07) is 10.9. The van der Waals surface area contributed by atoms with E-state index < -0.39 is 14.6 Å². The zero-order valence-electron chi connectivity index (χ0n) is 17.9. The molecule has 0 saturated carbocycles. The molecule has 1 saturated heterocycles. The van der Waals surface area contributed by atoms with Gasteiger partial charge in [0.1, 0.15) is 5.76 Å². The lowest BCUT2D eigenvalue weighted by atomic mass is 10.1. The van der Waals surface area contributed by atoms with Crippen LogP contribution in [0.1, 0.15) is 35.5 Å². The summed E-state index contributed by atoms with van der Waals surface area (Å²) in [6.07, 6.45) is 1.57. The van der Waals surface area contributed by atoms with Crippen LogP contribution in [0.25, 0.3) is 0 Å². The Balaban J connectivity index is 0.00000341. The van der Waals surface area contributed by atoms with Crippen LogP contribution in [0.3, 0.4) is 0 Å². The van der Waals surface area contributed by atoms with Gasteiger partial charge < -0.3 is 20.0 Å². The number of aliphatic imine (C=N–C) groups is 1. The third-order valence-corrected chi connectivity index (χ3v) is 7.73. The van der Waals surface area contributed by atoms with Gasteiger partial charge in [-0.05, 0) is 43.7 Å². The summed E-state index contributed by atoms with van der Waals surface area (Å²) >= 11 is 0. The summed E-state index contributed by atoms with van der Waals surface area (Å²) in [5, 5.41) is 6.11. The van der Waals surface area contributed by atoms with Crippen molar-refractivity contribution in [1.82, 2.24) is 15.5 Å². The quantitative estimate of drug-likeness (QED) is 0.331. The SMILES string of the molecule is CN=C(NCc1cccc(C(=O)NCc2ccco2)c1)N1CCS(=O)(=O)C(C)(C)C1.I. The Labute approximate surface area is 200 Å². The number of nitrogens with zero attached hydrogens (tertiary/aromatic N) is 2. The fourth-order valence-corrected chi connectivity index (χ4v) is 4.71. The number of guanidine groups is 1. The number of furan rings is 1. The van der Waals surface area contributed by atoms with Crippen molar-refractivity contribution in [2.75, 3.05) is 25.9 Å². The molecule has 2 aromatic rings. The number of halogens is 1. The summed E-state index contributed by atoms with van der Waals surface area (Å²) in [5.74, 6) is 1.26. The number of rotatable bonds is 5. The molecule has 0 spiro atoms. The van der Waals surface area contributed by atoms with E-state index in [4.69, 9.17) is 4.42 Å². The number of amides is 1. The number of benzene rings is 1. The topological polar surface area (TPSA) is 104 Å². The number of carbonyl (C=O) groups is 1. The number of carbonyl (C=O) groups excluding carboxylic acids is 1. The van der Waals surface area contributed by atoms with Gasteiger partial charge in [-0.3, -0.25) is 9.79 Å². The predicted octanol–water partition coefficient (Wildman–Crippen LogP) is 2.41. The summed E-state index contributed by atoms with van der Waals surface area (Å²) in [7, 11) is -1.44. The maximum atomic E-state index is 12.4. The first kappa shape index (κ1) is 25.2. The standard InChI is InChI=1S/C21H28N4O4S.HI/c1-21(2)15-25(9-11-30(21,27)28)20(22-3)24-13-16-6-4-7-17(12-16)19(26)23-14-18-8-5-10-29-18;/h4-8,10,12H,9,11,13-15H2,1-3H3,(H,22,24)(H,23,26);1H. The highest BCUT2D eigenvalue weighted by Crippen LogP contribution is 2.23. The lowest BCUT2D eigenvalue weighted by Crippen LogP contribution is -2.57. The average Bonchev–Trinajstić information content (AvgIpc) is 3.23. The van der Waals surface area contributed by atoms with Gasteiger partial charge in [-0.2, -0.15) is 0 Å². The van der Waals surface area contributed by atoms with Crippen LogP contribution in [-0.4, -0.2) is 55.8 Å². The van der Waals surface area contributed by atoms with Crippen LogP contribution in [-0.2, 0) is 22.9 Å². The highest BCUT2D eigenvalue weighted by molar-refractivity contribution is 14.0. The third kappa shape index (κ3) is 6.22. The van der Waals surface area contributed by atoms with Gasteiger partial charge in [-0.25, -0.2) is 8.42 Å². The molecule has 1 aliphatic rings. The van der Waals surface area contributed by atoms with Crippen LogP contribution in [0.5, 0.6) is 0 Å². The monoisotopic (exact) mass is 560 g/mol. The molecule has 10 heteroatoms. The molecule has 8 nitrogen and oxygen atoms in total. The van der Waals surface area contributed by atoms with Crippen molar-refractivity contribution in [3.63, 3.8) is 0 Å². The van der Waals surface area contributed by atoms with Gasteiger partial charge in [-0.1, -0.05) is 12.1 Å². The zero-order valence-corrected chi connectivity index (χ0v) is 21.1. The van der Waals surface area contributed by atoms with Crippen molar-refractivity contribution in [2.45, 2.75) is 31.7 Å². The van der Waals surface area contributed by atoms with Gasteiger partial charge in [0, 0.05) is 32.2 Å². The maximum absolute atomic E-state index is 12.4. The Kier molecular flexibility index (Phi) is 8.52. The molecule has 1 aromatic heterocycles. The molecule has 0 radical (unpaired) electrons. The highest BCUT2D eigenvalue weighted by Gasteiger charge is 2.40. The summed E-state index contributed by atoms with van der Waals surface area (Å²) in [5.41, 5.74) is 1.48. The van der Waals surface area contributed by atoms with Crippen molar-refractivity contribution in [3.05, 3.63) is 59.5 Å². The fourth-order valence-electron chi connectivity index (χ4n) is 3.34. The Bertz CT molecular complexity index is 1020. The Morgan fingerprint density at radius 2 is 1.97 bits per heavy atom. The normalized spacial score (nSPS) is 17.5. The van der Waals surface area contributed by atoms with Crippen molar-refractivity contribution < 1.29 is 17.6 Å². The first-order chi connectivity index (χ1) is 14.2. The highest BCUT2D eigenvalue weighted by atomic mass is 127. The van der Waals surface area contributed by atoms with Crippen LogP contribution < -0.4 is 10.6 Å². The molecule has 2 heterocycles. The molecule has 2 N–H and O–H groups in total. The molecule has 0 atom stereocenters. The van der Waals surface area contributed by atoms with E-state index in [2.05, 4.69) is 15.6 Å². The van der Waals surface area contributed by atoms with Crippen LogP contribution >= 0.6 is 24.0 Å². The number of hydrogen-bond acceptors (Lipinski definition) is 5. The van der Waals surface area contributed by atoms with E-state index in [0.29, 0.717) is 43.5 Å². The maximum Gasteiger partial charge on any atom is 0.251 e. The molecule has 1 amide bonds. The minimum atomic E-state index is -3.12. The van der Waals surface area contributed by atoms with Crippen molar-refractivity contribution in [2.24, 2.45) is 4.99 Å². The summed E-state index contributed by atoms with van der Waals surface area (Å²) in [4.78, 5) is 18.7. The molecule has 1 aromatic carbocycles. The predicted molar refractivity (Wildman–Crippen MR) is 131 cm³/mol. The third-order valence-electron chi connectivity index (χ3n) is 5.20. The molecular weight excluding hydrogens is 531 g/mol. The van der Waals surface area contributed by atoms with Crippen LogP contribution in [0, 0.1) is 0 Å². The van der Waals surface area contributed by atoms with Crippen LogP contribution in [0.4, 0.5) is 0 Å². The number of hydrogen-bond donors (Lipinski definition) is 2. The van der Waals surface area contributed by atoms with E-state index >= 15 is 0 Å². The zero-order chi connectivity index (χ0) is 21.8. The van der Waals surface area contributed by atoms with Gasteiger partial charge in [-0.15, -0.1) is 24.0 Å². The average molecular weight is 560 g/mol. The second kappa shape index (κ2) is 10.5. The Morgan fingerprint density at radius 1 is 1.19 bits per heavy atom. The van der Waals surface area contributed by atoms with Crippen LogP contribution in [0.15, 0.2) is 52.1 Å². The molecule has 1 aliphatic heterocycles. The Morgan fingerprint density at radius 3 is 2.61 bits per heavy atom. The molecule has 3 rings (SSSR count). The van der Waals surface area contributed by atoms with Crippen molar-refractivity contribution in [1.29, 1.82) is 0 Å². The second-order valence-corrected chi connectivity index (χ2v) is 10.6. The van der Waals surface area contributed by atoms with Gasteiger partial charge >= 0.3 is 0 Å². The van der Waals surface area contributed by atoms with E-state index in [-0.39, 0.29) is 35.6 Å². The summed E-state index contributed by atoms with van der Waals surface area (Å²) in [6.45, 7) is 5.06. The van der Waals surface area contributed by atoms with E-state index in [1.807, 2.05) is 23.1 Å². The largest absolute Gasteiger partial charge is 0.467 e. The smallest absolute Gasteiger partial charge is 0.251 e. The van der Waals surface area contributed by atoms with Gasteiger partial charge in [0.2, 0.25) is 0 Å².